The SMILES string of the molecule is [B]c1coc(C(=O)c2ccc(Cc3ccc(F)cc3)o2)c(OCCCC)c1=O. The first kappa shape index (κ1) is 19.7. The molecule has 0 saturated heterocycles. The molecular weight excluding hydrogens is 362 g/mol. The van der Waals surface area contributed by atoms with Gasteiger partial charge < -0.3 is 13.6 Å². The van der Waals surface area contributed by atoms with Crippen LogP contribution >= 0.6 is 0 Å². The molecule has 0 aliphatic rings. The minimum Gasteiger partial charge on any atom is -0.486 e. The van der Waals surface area contributed by atoms with E-state index in [2.05, 4.69) is 0 Å². The Bertz CT molecular complexity index is 1020. The van der Waals surface area contributed by atoms with Crippen LogP contribution in [0.25, 0.3) is 0 Å². The molecule has 3 aromatic rings. The number of furan rings is 1. The fourth-order valence-corrected chi connectivity index (χ4v) is 2.58. The maximum absolute atomic E-state index is 13.0. The van der Waals surface area contributed by atoms with E-state index in [9.17, 15) is 14.0 Å². The van der Waals surface area contributed by atoms with Gasteiger partial charge in [-0.25, -0.2) is 4.39 Å². The van der Waals surface area contributed by atoms with E-state index in [4.69, 9.17) is 21.4 Å². The minimum absolute atomic E-state index is 0.00498. The average Bonchev–Trinajstić information content (AvgIpc) is 3.15. The Hall–Kier alpha value is -3.09. The molecule has 2 heterocycles. The highest BCUT2D eigenvalue weighted by Gasteiger charge is 2.24. The maximum Gasteiger partial charge on any atom is 0.267 e. The zero-order valence-electron chi connectivity index (χ0n) is 15.4. The molecule has 5 nitrogen and oxygen atoms in total. The van der Waals surface area contributed by atoms with E-state index in [1.807, 2.05) is 6.92 Å². The van der Waals surface area contributed by atoms with Gasteiger partial charge in [0.05, 0.1) is 12.9 Å². The predicted octanol–water partition coefficient (Wildman–Crippen LogP) is 3.17. The second kappa shape index (κ2) is 8.74. The molecule has 0 saturated carbocycles. The second-order valence-electron chi connectivity index (χ2n) is 6.28. The third kappa shape index (κ3) is 4.42. The molecule has 0 fully saturated rings. The van der Waals surface area contributed by atoms with Gasteiger partial charge in [0.15, 0.2) is 5.76 Å². The van der Waals surface area contributed by atoms with Crippen molar-refractivity contribution in [3.63, 3.8) is 0 Å². The molecule has 0 atom stereocenters. The van der Waals surface area contributed by atoms with Crippen LogP contribution in [0, 0.1) is 5.82 Å². The first-order valence-corrected chi connectivity index (χ1v) is 8.91. The molecule has 0 spiro atoms. The number of halogens is 1. The van der Waals surface area contributed by atoms with Gasteiger partial charge in [-0.2, -0.15) is 0 Å². The number of rotatable bonds is 8. The van der Waals surface area contributed by atoms with Crippen LogP contribution in [-0.4, -0.2) is 20.2 Å². The Labute approximate surface area is 162 Å². The molecular formula is C21H18BFO5. The van der Waals surface area contributed by atoms with Crippen molar-refractivity contribution in [3.05, 3.63) is 81.5 Å². The molecule has 0 amide bonds. The van der Waals surface area contributed by atoms with E-state index < -0.39 is 11.2 Å². The van der Waals surface area contributed by atoms with Crippen molar-refractivity contribution in [3.8, 4) is 5.75 Å². The number of hydrogen-bond acceptors (Lipinski definition) is 5. The maximum atomic E-state index is 13.0. The Balaban J connectivity index is 1.84. The van der Waals surface area contributed by atoms with Gasteiger partial charge in [0.1, 0.15) is 19.4 Å². The fourth-order valence-electron chi connectivity index (χ4n) is 2.58. The van der Waals surface area contributed by atoms with Crippen molar-refractivity contribution >= 4 is 19.1 Å². The van der Waals surface area contributed by atoms with E-state index in [1.165, 1.54) is 18.2 Å². The van der Waals surface area contributed by atoms with Crippen molar-refractivity contribution in [2.75, 3.05) is 6.61 Å². The molecule has 142 valence electrons. The van der Waals surface area contributed by atoms with E-state index >= 15 is 0 Å². The topological polar surface area (TPSA) is 69.7 Å². The lowest BCUT2D eigenvalue weighted by atomic mass is 9.98. The van der Waals surface area contributed by atoms with Crippen molar-refractivity contribution in [1.29, 1.82) is 0 Å². The Kier molecular flexibility index (Phi) is 6.14. The van der Waals surface area contributed by atoms with E-state index in [0.717, 1.165) is 18.2 Å². The van der Waals surface area contributed by atoms with Gasteiger partial charge in [0, 0.05) is 6.42 Å². The predicted molar refractivity (Wildman–Crippen MR) is 102 cm³/mol. The highest BCUT2D eigenvalue weighted by molar-refractivity contribution is 6.32. The summed E-state index contributed by atoms with van der Waals surface area (Å²) in [7, 11) is 5.59. The van der Waals surface area contributed by atoms with Crippen LogP contribution < -0.4 is 15.6 Å². The number of unbranched alkanes of at least 4 members (excludes halogenated alkanes) is 1. The highest BCUT2D eigenvalue weighted by atomic mass is 19.1. The third-order valence-corrected chi connectivity index (χ3v) is 4.11. The summed E-state index contributed by atoms with van der Waals surface area (Å²) in [6.07, 6.45) is 2.98. The lowest BCUT2D eigenvalue weighted by molar-refractivity contribution is 0.0972. The minimum atomic E-state index is -0.617. The molecule has 0 aliphatic heterocycles. The Morgan fingerprint density at radius 2 is 1.93 bits per heavy atom. The first-order valence-electron chi connectivity index (χ1n) is 8.91. The quantitative estimate of drug-likeness (QED) is 0.341. The molecule has 0 N–H and O–H groups in total. The molecule has 3 rings (SSSR count). The van der Waals surface area contributed by atoms with Crippen LogP contribution in [0.15, 0.2) is 56.3 Å². The van der Waals surface area contributed by atoms with Crippen LogP contribution in [0.2, 0.25) is 0 Å². The van der Waals surface area contributed by atoms with E-state index in [-0.39, 0.29) is 35.2 Å². The lowest BCUT2D eigenvalue weighted by Gasteiger charge is -2.09. The summed E-state index contributed by atoms with van der Waals surface area (Å²) < 4.78 is 29.3. The standard InChI is InChI=1S/C21H18BFO5/c1-2-3-10-26-20-18(24)16(22)12-27-21(20)19(25)17-9-8-15(28-17)11-13-4-6-14(23)7-5-13/h4-9,12H,2-3,10-11H2,1H3. The van der Waals surface area contributed by atoms with Crippen molar-refractivity contribution in [2.45, 2.75) is 26.2 Å². The van der Waals surface area contributed by atoms with Crippen LogP contribution in [0.1, 0.15) is 47.4 Å². The van der Waals surface area contributed by atoms with Crippen molar-refractivity contribution in [1.82, 2.24) is 0 Å². The average molecular weight is 380 g/mol. The summed E-state index contributed by atoms with van der Waals surface area (Å²) >= 11 is 0. The summed E-state index contributed by atoms with van der Waals surface area (Å²) in [5, 5.41) is 0. The summed E-state index contributed by atoms with van der Waals surface area (Å²) in [6.45, 7) is 2.24. The molecule has 2 radical (unpaired) electrons. The summed E-state index contributed by atoms with van der Waals surface area (Å²) in [5.74, 6) is -0.888. The summed E-state index contributed by atoms with van der Waals surface area (Å²) in [4.78, 5) is 25.0. The smallest absolute Gasteiger partial charge is 0.267 e. The molecule has 0 aliphatic carbocycles. The summed E-state index contributed by atoms with van der Waals surface area (Å²) in [6, 6.07) is 9.12. The Morgan fingerprint density at radius 1 is 1.18 bits per heavy atom. The van der Waals surface area contributed by atoms with Crippen LogP contribution in [0.3, 0.4) is 0 Å². The van der Waals surface area contributed by atoms with E-state index in [0.29, 0.717) is 18.6 Å². The molecule has 0 unspecified atom stereocenters. The molecule has 28 heavy (non-hydrogen) atoms. The monoisotopic (exact) mass is 380 g/mol. The molecule has 0 bridgehead atoms. The van der Waals surface area contributed by atoms with Crippen LogP contribution in [0.4, 0.5) is 4.39 Å². The van der Waals surface area contributed by atoms with Gasteiger partial charge >= 0.3 is 0 Å². The van der Waals surface area contributed by atoms with Gasteiger partial charge in [-0.15, -0.1) is 0 Å². The van der Waals surface area contributed by atoms with Crippen molar-refractivity contribution in [2.24, 2.45) is 0 Å². The number of ketones is 1. The van der Waals surface area contributed by atoms with Gasteiger partial charge in [0.2, 0.25) is 16.9 Å². The molecule has 2 aromatic heterocycles. The first-order chi connectivity index (χ1) is 13.5. The lowest BCUT2D eigenvalue weighted by Crippen LogP contribution is -2.28. The highest BCUT2D eigenvalue weighted by Crippen LogP contribution is 2.21. The van der Waals surface area contributed by atoms with Crippen LogP contribution in [-0.2, 0) is 6.42 Å². The number of carbonyl (C=O) groups excluding carboxylic acids is 1. The molecule has 7 heteroatoms. The largest absolute Gasteiger partial charge is 0.486 e. The fraction of sp³-hybridized carbons (Fsp3) is 0.238. The zero-order valence-corrected chi connectivity index (χ0v) is 15.4. The zero-order chi connectivity index (χ0) is 20.1. The van der Waals surface area contributed by atoms with Gasteiger partial charge in [0.25, 0.3) is 5.78 Å². The van der Waals surface area contributed by atoms with E-state index in [1.54, 1.807) is 18.2 Å². The third-order valence-electron chi connectivity index (χ3n) is 4.11. The number of carbonyl (C=O) groups is 1. The van der Waals surface area contributed by atoms with Gasteiger partial charge in [-0.05, 0) is 41.7 Å². The number of hydrogen-bond donors (Lipinski definition) is 0. The van der Waals surface area contributed by atoms with Gasteiger partial charge in [-0.1, -0.05) is 25.5 Å². The summed E-state index contributed by atoms with van der Waals surface area (Å²) in [5.41, 5.74) is 0.0978. The number of ether oxygens (including phenoxy) is 1. The molecule has 1 aromatic carbocycles. The Morgan fingerprint density at radius 3 is 2.64 bits per heavy atom. The van der Waals surface area contributed by atoms with Crippen molar-refractivity contribution < 1.29 is 22.8 Å². The van der Waals surface area contributed by atoms with Gasteiger partial charge in [-0.3, -0.25) is 9.59 Å². The number of benzene rings is 1. The second-order valence-corrected chi connectivity index (χ2v) is 6.28. The normalized spacial score (nSPS) is 10.8. The van der Waals surface area contributed by atoms with Crippen LogP contribution in [0.5, 0.6) is 5.75 Å².